The summed E-state index contributed by atoms with van der Waals surface area (Å²) in [4.78, 5) is 7.00. The highest BCUT2D eigenvalue weighted by molar-refractivity contribution is 5.53. The van der Waals surface area contributed by atoms with Gasteiger partial charge in [0.25, 0.3) is 0 Å². The van der Waals surface area contributed by atoms with Crippen LogP contribution in [0, 0.1) is 0 Å². The molecule has 1 rings (SSSR count). The highest BCUT2D eigenvalue weighted by Gasteiger charge is 2.01. The quantitative estimate of drug-likeness (QED) is 0.686. The van der Waals surface area contributed by atoms with Gasteiger partial charge in [0, 0.05) is 12.2 Å². The van der Waals surface area contributed by atoms with Crippen molar-refractivity contribution in [1.29, 1.82) is 0 Å². The van der Waals surface area contributed by atoms with Gasteiger partial charge >= 0.3 is 6.01 Å². The molecule has 0 aromatic carbocycles. The van der Waals surface area contributed by atoms with Crippen molar-refractivity contribution in [3.05, 3.63) is 17.8 Å². The number of aromatic hydroxyl groups is 2. The maximum absolute atomic E-state index is 9.34. The van der Waals surface area contributed by atoms with Crippen molar-refractivity contribution in [3.63, 3.8) is 0 Å². The molecule has 5 nitrogen and oxygen atoms in total. The van der Waals surface area contributed by atoms with Crippen LogP contribution in [0.2, 0.25) is 0 Å². The standard InChI is InChI=1S/C10H15N3O2/c1-7(11-2)4-3-5-8-6-12-10(15)13-9(8)14/h3,5-7,11H,4H2,1-2H3,(H2,12,13,14,15)/b5-3+. The van der Waals surface area contributed by atoms with E-state index in [1.165, 1.54) is 6.20 Å². The first-order valence-corrected chi connectivity index (χ1v) is 4.72. The molecule has 0 amide bonds. The van der Waals surface area contributed by atoms with Gasteiger partial charge in [0.1, 0.15) is 0 Å². The summed E-state index contributed by atoms with van der Waals surface area (Å²) in [5, 5.41) is 21.3. The van der Waals surface area contributed by atoms with Crippen LogP contribution in [0.4, 0.5) is 0 Å². The van der Waals surface area contributed by atoms with Gasteiger partial charge in [0.15, 0.2) is 0 Å². The Kier molecular flexibility index (Phi) is 4.05. The molecular weight excluding hydrogens is 194 g/mol. The lowest BCUT2D eigenvalue weighted by Gasteiger charge is -2.05. The Bertz CT molecular complexity index is 353. The van der Waals surface area contributed by atoms with Gasteiger partial charge in [0.2, 0.25) is 5.88 Å². The molecule has 1 aromatic heterocycles. The molecule has 0 aliphatic heterocycles. The first kappa shape index (κ1) is 11.5. The minimum atomic E-state index is -0.423. The Balaban J connectivity index is 2.64. The summed E-state index contributed by atoms with van der Waals surface area (Å²) in [5.41, 5.74) is 0.496. The van der Waals surface area contributed by atoms with Gasteiger partial charge in [-0.1, -0.05) is 12.2 Å². The smallest absolute Gasteiger partial charge is 0.317 e. The summed E-state index contributed by atoms with van der Waals surface area (Å²) in [7, 11) is 1.89. The Hall–Kier alpha value is -1.62. The maximum atomic E-state index is 9.34. The van der Waals surface area contributed by atoms with E-state index in [2.05, 4.69) is 22.2 Å². The van der Waals surface area contributed by atoms with Crippen molar-refractivity contribution in [2.24, 2.45) is 0 Å². The third kappa shape index (κ3) is 3.55. The molecule has 15 heavy (non-hydrogen) atoms. The van der Waals surface area contributed by atoms with Gasteiger partial charge in [0.05, 0.1) is 5.56 Å². The van der Waals surface area contributed by atoms with Crippen molar-refractivity contribution in [3.8, 4) is 11.9 Å². The Morgan fingerprint density at radius 3 is 2.87 bits per heavy atom. The highest BCUT2D eigenvalue weighted by Crippen LogP contribution is 2.16. The molecule has 3 N–H and O–H groups in total. The van der Waals surface area contributed by atoms with Crippen molar-refractivity contribution in [1.82, 2.24) is 15.3 Å². The predicted octanol–water partition coefficient (Wildman–Crippen LogP) is 0.899. The predicted molar refractivity (Wildman–Crippen MR) is 57.5 cm³/mol. The SMILES string of the molecule is CNC(C)C/C=C/c1cnc(O)nc1O. The van der Waals surface area contributed by atoms with E-state index in [1.54, 1.807) is 6.08 Å². The lowest BCUT2D eigenvalue weighted by Crippen LogP contribution is -2.19. The van der Waals surface area contributed by atoms with Crippen molar-refractivity contribution >= 4 is 6.08 Å². The second-order valence-electron chi connectivity index (χ2n) is 3.28. The zero-order valence-corrected chi connectivity index (χ0v) is 8.81. The third-order valence-electron chi connectivity index (χ3n) is 2.06. The van der Waals surface area contributed by atoms with E-state index in [9.17, 15) is 5.11 Å². The fourth-order valence-electron chi connectivity index (χ4n) is 1.01. The highest BCUT2D eigenvalue weighted by atomic mass is 16.3. The normalized spacial score (nSPS) is 13.2. The van der Waals surface area contributed by atoms with Crippen LogP contribution in [-0.4, -0.2) is 33.3 Å². The molecule has 1 aromatic rings. The van der Waals surface area contributed by atoms with Crippen molar-refractivity contribution < 1.29 is 10.2 Å². The molecule has 1 unspecified atom stereocenters. The molecule has 0 aliphatic carbocycles. The van der Waals surface area contributed by atoms with E-state index in [1.807, 2.05) is 13.1 Å². The van der Waals surface area contributed by atoms with E-state index >= 15 is 0 Å². The van der Waals surface area contributed by atoms with Gasteiger partial charge in [-0.25, -0.2) is 4.98 Å². The average Bonchev–Trinajstić information content (AvgIpc) is 2.21. The van der Waals surface area contributed by atoms with E-state index < -0.39 is 6.01 Å². The summed E-state index contributed by atoms with van der Waals surface area (Å²) in [6.07, 6.45) is 5.86. The minimum Gasteiger partial charge on any atom is -0.493 e. The van der Waals surface area contributed by atoms with Crippen molar-refractivity contribution in [2.75, 3.05) is 7.05 Å². The van der Waals surface area contributed by atoms with Crippen LogP contribution in [0.15, 0.2) is 12.3 Å². The molecule has 0 radical (unpaired) electrons. The number of hydrogen-bond acceptors (Lipinski definition) is 5. The van der Waals surface area contributed by atoms with Gasteiger partial charge in [-0.15, -0.1) is 0 Å². The first-order valence-electron chi connectivity index (χ1n) is 4.72. The van der Waals surface area contributed by atoms with Crippen LogP contribution in [0.5, 0.6) is 11.9 Å². The Morgan fingerprint density at radius 2 is 2.27 bits per heavy atom. The molecule has 5 heteroatoms. The van der Waals surface area contributed by atoms with Gasteiger partial charge in [-0.3, -0.25) is 0 Å². The summed E-state index contributed by atoms with van der Waals surface area (Å²) in [5.74, 6) is -0.212. The zero-order valence-electron chi connectivity index (χ0n) is 8.81. The Labute approximate surface area is 88.5 Å². The lowest BCUT2D eigenvalue weighted by molar-refractivity contribution is 0.396. The molecule has 0 spiro atoms. The molecule has 0 saturated heterocycles. The average molecular weight is 209 g/mol. The molecule has 0 aliphatic rings. The van der Waals surface area contributed by atoms with Gasteiger partial charge in [-0.2, -0.15) is 4.98 Å². The zero-order chi connectivity index (χ0) is 11.3. The fraction of sp³-hybridized carbons (Fsp3) is 0.400. The van der Waals surface area contributed by atoms with Crippen LogP contribution in [0.25, 0.3) is 6.08 Å². The minimum absolute atomic E-state index is 0.212. The van der Waals surface area contributed by atoms with Gasteiger partial charge in [-0.05, 0) is 20.4 Å². The second kappa shape index (κ2) is 5.31. The summed E-state index contributed by atoms with van der Waals surface area (Å²) in [6.45, 7) is 2.05. The molecule has 1 atom stereocenters. The number of hydrogen-bond donors (Lipinski definition) is 3. The van der Waals surface area contributed by atoms with Crippen LogP contribution in [0.1, 0.15) is 18.9 Å². The first-order chi connectivity index (χ1) is 7.13. The third-order valence-corrected chi connectivity index (χ3v) is 2.06. The van der Waals surface area contributed by atoms with Crippen LogP contribution < -0.4 is 5.32 Å². The Morgan fingerprint density at radius 1 is 1.53 bits per heavy atom. The number of nitrogens with one attached hydrogen (secondary N) is 1. The van der Waals surface area contributed by atoms with E-state index in [4.69, 9.17) is 5.11 Å². The molecule has 0 bridgehead atoms. The maximum Gasteiger partial charge on any atom is 0.317 e. The van der Waals surface area contributed by atoms with Crippen LogP contribution >= 0.6 is 0 Å². The number of aromatic nitrogens is 2. The van der Waals surface area contributed by atoms with E-state index in [0.29, 0.717) is 11.6 Å². The lowest BCUT2D eigenvalue weighted by atomic mass is 10.2. The largest absolute Gasteiger partial charge is 0.493 e. The van der Waals surface area contributed by atoms with Crippen molar-refractivity contribution in [2.45, 2.75) is 19.4 Å². The van der Waals surface area contributed by atoms with Gasteiger partial charge < -0.3 is 15.5 Å². The van der Waals surface area contributed by atoms with E-state index in [-0.39, 0.29) is 5.88 Å². The topological polar surface area (TPSA) is 78.3 Å². The molecule has 1 heterocycles. The summed E-state index contributed by atoms with van der Waals surface area (Å²) in [6, 6.07) is -0.0466. The van der Waals surface area contributed by atoms with Crippen LogP contribution in [-0.2, 0) is 0 Å². The summed E-state index contributed by atoms with van der Waals surface area (Å²) >= 11 is 0. The molecule has 82 valence electrons. The second-order valence-corrected chi connectivity index (χ2v) is 3.28. The number of nitrogens with zero attached hydrogens (tertiary/aromatic N) is 2. The molecule has 0 fully saturated rings. The monoisotopic (exact) mass is 209 g/mol. The van der Waals surface area contributed by atoms with Crippen LogP contribution in [0.3, 0.4) is 0 Å². The van der Waals surface area contributed by atoms with E-state index in [0.717, 1.165) is 6.42 Å². The summed E-state index contributed by atoms with van der Waals surface area (Å²) < 4.78 is 0. The fourth-order valence-corrected chi connectivity index (χ4v) is 1.01. The number of rotatable bonds is 4. The molecule has 0 saturated carbocycles. The molecular formula is C10H15N3O2.